The fraction of sp³-hybridized carbons (Fsp3) is 0.857. The molecule has 0 amide bonds. The van der Waals surface area contributed by atoms with Crippen molar-refractivity contribution < 1.29 is 18.7 Å². The fourth-order valence-corrected chi connectivity index (χ4v) is 1.40. The predicted molar refractivity (Wildman–Crippen MR) is 38.2 cm³/mol. The number of likely N-dealkylation sites (tertiary alicyclic amines) is 1. The number of hydrogen-bond donors (Lipinski definition) is 1. The summed E-state index contributed by atoms with van der Waals surface area (Å²) >= 11 is 0. The molecule has 1 rings (SSSR count). The van der Waals surface area contributed by atoms with E-state index in [2.05, 4.69) is 0 Å². The largest absolute Gasteiger partial charge is 0.481 e. The van der Waals surface area contributed by atoms with E-state index in [0.717, 1.165) is 0 Å². The second kappa shape index (κ2) is 3.80. The molecular formula is C7H11F2NO2. The predicted octanol–water partition coefficient (Wildman–Crippen LogP) is 0.658. The third kappa shape index (κ3) is 2.41. The molecule has 1 aliphatic rings. The Hall–Kier alpha value is -0.710. The van der Waals surface area contributed by atoms with Gasteiger partial charge < -0.3 is 5.11 Å². The topological polar surface area (TPSA) is 40.5 Å². The number of aliphatic carboxylic acids is 1. The zero-order valence-corrected chi connectivity index (χ0v) is 6.54. The van der Waals surface area contributed by atoms with Crippen LogP contribution in [0.5, 0.6) is 0 Å². The normalized spacial score (nSPS) is 25.1. The van der Waals surface area contributed by atoms with E-state index >= 15 is 0 Å². The first-order valence-corrected chi connectivity index (χ1v) is 3.83. The molecule has 0 saturated carbocycles. The summed E-state index contributed by atoms with van der Waals surface area (Å²) in [6.07, 6.45) is -1.88. The average Bonchev–Trinajstić information content (AvgIpc) is 2.34. The van der Waals surface area contributed by atoms with Crippen LogP contribution in [0.1, 0.15) is 6.42 Å². The molecule has 1 saturated heterocycles. The van der Waals surface area contributed by atoms with Gasteiger partial charge in [0.2, 0.25) is 0 Å². The lowest BCUT2D eigenvalue weighted by atomic mass is 10.1. The highest BCUT2D eigenvalue weighted by molar-refractivity contribution is 5.70. The molecule has 70 valence electrons. The van der Waals surface area contributed by atoms with Crippen molar-refractivity contribution in [1.82, 2.24) is 4.90 Å². The maximum atomic E-state index is 11.8. The van der Waals surface area contributed by atoms with Crippen LogP contribution < -0.4 is 0 Å². The van der Waals surface area contributed by atoms with Crippen LogP contribution >= 0.6 is 0 Å². The van der Waals surface area contributed by atoms with Crippen molar-refractivity contribution in [2.75, 3.05) is 19.6 Å². The van der Waals surface area contributed by atoms with E-state index in [4.69, 9.17) is 5.11 Å². The number of nitrogens with zero attached hydrogens (tertiary/aromatic N) is 1. The Bertz CT molecular complexity index is 175. The molecule has 0 bridgehead atoms. The van der Waals surface area contributed by atoms with E-state index in [1.165, 1.54) is 4.90 Å². The van der Waals surface area contributed by atoms with Gasteiger partial charge in [-0.2, -0.15) is 0 Å². The summed E-state index contributed by atoms with van der Waals surface area (Å²) in [5.74, 6) is -1.34. The minimum Gasteiger partial charge on any atom is -0.481 e. The van der Waals surface area contributed by atoms with Gasteiger partial charge in [0.1, 0.15) is 0 Å². The number of alkyl halides is 2. The molecule has 0 aromatic heterocycles. The number of halogens is 2. The molecule has 1 heterocycles. The minimum absolute atomic E-state index is 0.264. The number of carboxylic acid groups (broad SMARTS) is 1. The van der Waals surface area contributed by atoms with Gasteiger partial charge in [-0.25, -0.2) is 8.78 Å². The zero-order valence-electron chi connectivity index (χ0n) is 6.54. The molecule has 1 aliphatic heterocycles. The van der Waals surface area contributed by atoms with E-state index in [1.807, 2.05) is 0 Å². The lowest BCUT2D eigenvalue weighted by molar-refractivity contribution is -0.141. The highest BCUT2D eigenvalue weighted by Crippen LogP contribution is 2.16. The van der Waals surface area contributed by atoms with Crippen LogP contribution in [0.3, 0.4) is 0 Å². The summed E-state index contributed by atoms with van der Waals surface area (Å²) in [7, 11) is 0. The van der Waals surface area contributed by atoms with Crippen molar-refractivity contribution in [2.24, 2.45) is 5.92 Å². The Morgan fingerprint density at radius 3 is 2.75 bits per heavy atom. The molecule has 1 atom stereocenters. The first-order valence-electron chi connectivity index (χ1n) is 3.83. The van der Waals surface area contributed by atoms with Gasteiger partial charge in [-0.3, -0.25) is 9.69 Å². The minimum atomic E-state index is -2.36. The molecule has 1 N–H and O–H groups in total. The first kappa shape index (κ1) is 9.38. The molecule has 1 fully saturated rings. The number of carbonyl (C=O) groups is 1. The molecule has 0 aromatic carbocycles. The van der Waals surface area contributed by atoms with E-state index in [9.17, 15) is 13.6 Å². The van der Waals surface area contributed by atoms with Crippen LogP contribution in [0, 0.1) is 5.92 Å². The van der Waals surface area contributed by atoms with E-state index in [1.54, 1.807) is 0 Å². The second-order valence-electron chi connectivity index (χ2n) is 2.97. The number of carboxylic acids is 1. The van der Waals surface area contributed by atoms with Crippen molar-refractivity contribution >= 4 is 5.97 Å². The van der Waals surface area contributed by atoms with Crippen LogP contribution in [-0.4, -0.2) is 42.0 Å². The molecule has 0 spiro atoms. The summed E-state index contributed by atoms with van der Waals surface area (Å²) in [4.78, 5) is 11.9. The molecule has 0 aliphatic carbocycles. The van der Waals surface area contributed by atoms with Crippen LogP contribution in [0.2, 0.25) is 0 Å². The Morgan fingerprint density at radius 1 is 1.67 bits per heavy atom. The van der Waals surface area contributed by atoms with Crippen molar-refractivity contribution in [3.8, 4) is 0 Å². The lowest BCUT2D eigenvalue weighted by Crippen LogP contribution is -2.27. The summed E-state index contributed by atoms with van der Waals surface area (Å²) in [5.41, 5.74) is 0. The average molecular weight is 179 g/mol. The van der Waals surface area contributed by atoms with Gasteiger partial charge in [0, 0.05) is 6.54 Å². The number of hydrogen-bond acceptors (Lipinski definition) is 2. The fourth-order valence-electron chi connectivity index (χ4n) is 1.40. The SMILES string of the molecule is O=C(O)C1CCN(CC(F)F)C1. The highest BCUT2D eigenvalue weighted by Gasteiger charge is 2.28. The summed E-state index contributed by atoms with van der Waals surface area (Å²) in [5, 5.41) is 8.55. The Labute approximate surface area is 69.0 Å². The van der Waals surface area contributed by atoms with Gasteiger partial charge in [0.25, 0.3) is 6.43 Å². The summed E-state index contributed by atoms with van der Waals surface area (Å²) in [6, 6.07) is 0. The van der Waals surface area contributed by atoms with Gasteiger partial charge in [0.05, 0.1) is 12.5 Å². The molecule has 3 nitrogen and oxygen atoms in total. The quantitative estimate of drug-likeness (QED) is 0.691. The van der Waals surface area contributed by atoms with Crippen LogP contribution in [0.25, 0.3) is 0 Å². The Balaban J connectivity index is 2.30. The van der Waals surface area contributed by atoms with Gasteiger partial charge in [0.15, 0.2) is 0 Å². The van der Waals surface area contributed by atoms with E-state index in [0.29, 0.717) is 13.0 Å². The standard InChI is InChI=1S/C7H11F2NO2/c8-6(9)4-10-2-1-5(3-10)7(11)12/h5-6H,1-4H2,(H,11,12). The highest BCUT2D eigenvalue weighted by atomic mass is 19.3. The second-order valence-corrected chi connectivity index (χ2v) is 2.97. The molecule has 0 radical (unpaired) electrons. The van der Waals surface area contributed by atoms with Crippen molar-refractivity contribution in [2.45, 2.75) is 12.8 Å². The third-order valence-electron chi connectivity index (χ3n) is 2.02. The monoisotopic (exact) mass is 179 g/mol. The maximum absolute atomic E-state index is 11.8. The van der Waals surface area contributed by atoms with Crippen LogP contribution in [0.4, 0.5) is 8.78 Å². The zero-order chi connectivity index (χ0) is 9.14. The lowest BCUT2D eigenvalue weighted by Gasteiger charge is -2.13. The van der Waals surface area contributed by atoms with Gasteiger partial charge in [-0.05, 0) is 13.0 Å². The van der Waals surface area contributed by atoms with Gasteiger partial charge in [-0.15, -0.1) is 0 Å². The van der Waals surface area contributed by atoms with Crippen molar-refractivity contribution in [3.63, 3.8) is 0 Å². The van der Waals surface area contributed by atoms with E-state index in [-0.39, 0.29) is 13.1 Å². The van der Waals surface area contributed by atoms with E-state index < -0.39 is 18.3 Å². The summed E-state index contributed by atoms with van der Waals surface area (Å²) < 4.78 is 23.7. The van der Waals surface area contributed by atoms with Crippen molar-refractivity contribution in [1.29, 1.82) is 0 Å². The van der Waals surface area contributed by atoms with Crippen LogP contribution in [-0.2, 0) is 4.79 Å². The third-order valence-corrected chi connectivity index (χ3v) is 2.02. The van der Waals surface area contributed by atoms with Gasteiger partial charge >= 0.3 is 5.97 Å². The molecule has 1 unspecified atom stereocenters. The Kier molecular flexibility index (Phi) is 2.97. The molecule has 5 heteroatoms. The Morgan fingerprint density at radius 2 is 2.33 bits per heavy atom. The smallest absolute Gasteiger partial charge is 0.307 e. The first-order chi connectivity index (χ1) is 5.59. The van der Waals surface area contributed by atoms with Crippen LogP contribution in [0.15, 0.2) is 0 Å². The van der Waals surface area contributed by atoms with Gasteiger partial charge in [-0.1, -0.05) is 0 Å². The summed E-state index contributed by atoms with van der Waals surface area (Å²) in [6.45, 7) is 0.435. The molecule has 0 aromatic rings. The molecular weight excluding hydrogens is 168 g/mol. The maximum Gasteiger partial charge on any atom is 0.307 e. The molecule has 12 heavy (non-hydrogen) atoms. The van der Waals surface area contributed by atoms with Crippen molar-refractivity contribution in [3.05, 3.63) is 0 Å². The number of rotatable bonds is 3.